The highest BCUT2D eigenvalue weighted by molar-refractivity contribution is 6.34. The molecule has 0 radical (unpaired) electrons. The zero-order valence-corrected chi connectivity index (χ0v) is 11.2. The highest BCUT2D eigenvalue weighted by Gasteiger charge is 2.30. The van der Waals surface area contributed by atoms with Crippen molar-refractivity contribution in [3.05, 3.63) is 35.0 Å². The molecule has 0 bridgehead atoms. The lowest BCUT2D eigenvalue weighted by Gasteiger charge is -2.15. The average molecular weight is 265 g/mol. The molecule has 3 atom stereocenters. The highest BCUT2D eigenvalue weighted by atomic mass is 35.5. The summed E-state index contributed by atoms with van der Waals surface area (Å²) < 4.78 is 5.73. The second-order valence-electron chi connectivity index (χ2n) is 5.43. The van der Waals surface area contributed by atoms with Gasteiger partial charge in [-0.1, -0.05) is 37.1 Å². The molecule has 2 aromatic rings. The fourth-order valence-electron chi connectivity index (χ4n) is 2.96. The van der Waals surface area contributed by atoms with Crippen molar-refractivity contribution in [1.82, 2.24) is 0 Å². The van der Waals surface area contributed by atoms with Crippen LogP contribution in [0.15, 0.2) is 28.7 Å². The van der Waals surface area contributed by atoms with Crippen molar-refractivity contribution in [2.24, 2.45) is 11.8 Å². The number of hydrogen-bond acceptors (Lipinski definition) is 2. The molecule has 1 heterocycles. The first-order valence-electron chi connectivity index (χ1n) is 6.51. The quantitative estimate of drug-likeness (QED) is 0.863. The zero-order valence-electron chi connectivity index (χ0n) is 10.4. The minimum atomic E-state index is -0.501. The standard InChI is InChI=1S/C15H17ClO2/c1-9-5-6-10(7-9)14(17)13-8-11-3-2-4-12(16)15(11)18-13/h2-4,8-10,14,17H,5-7H2,1H3. The molecule has 0 saturated heterocycles. The van der Waals surface area contributed by atoms with Crippen molar-refractivity contribution in [2.75, 3.05) is 0 Å². The molecule has 3 heteroatoms. The number of fused-ring (bicyclic) bond motifs is 1. The normalized spacial score (nSPS) is 25.7. The zero-order chi connectivity index (χ0) is 12.7. The van der Waals surface area contributed by atoms with Crippen molar-refractivity contribution in [1.29, 1.82) is 0 Å². The number of aliphatic hydroxyl groups excluding tert-OH is 1. The average Bonchev–Trinajstić information content (AvgIpc) is 2.95. The fraction of sp³-hybridized carbons (Fsp3) is 0.467. The predicted octanol–water partition coefficient (Wildman–Crippen LogP) is 4.56. The SMILES string of the molecule is CC1CCC(C(O)c2cc3cccc(Cl)c3o2)C1. The minimum Gasteiger partial charge on any atom is -0.457 e. The lowest BCUT2D eigenvalue weighted by molar-refractivity contribution is 0.0887. The van der Waals surface area contributed by atoms with E-state index in [1.165, 1.54) is 6.42 Å². The van der Waals surface area contributed by atoms with Crippen LogP contribution in [0.3, 0.4) is 0 Å². The Labute approximate surface area is 112 Å². The summed E-state index contributed by atoms with van der Waals surface area (Å²) in [5, 5.41) is 12.0. The summed E-state index contributed by atoms with van der Waals surface area (Å²) in [6.45, 7) is 2.24. The van der Waals surface area contributed by atoms with Crippen molar-refractivity contribution < 1.29 is 9.52 Å². The lowest BCUT2D eigenvalue weighted by Crippen LogP contribution is -2.08. The van der Waals surface area contributed by atoms with E-state index in [2.05, 4.69) is 6.92 Å². The second-order valence-corrected chi connectivity index (χ2v) is 5.84. The Bertz CT molecular complexity index is 561. The van der Waals surface area contributed by atoms with E-state index in [-0.39, 0.29) is 0 Å². The van der Waals surface area contributed by atoms with Gasteiger partial charge >= 0.3 is 0 Å². The first-order valence-corrected chi connectivity index (χ1v) is 6.89. The van der Waals surface area contributed by atoms with Crippen LogP contribution in [0.2, 0.25) is 5.02 Å². The van der Waals surface area contributed by atoms with E-state index >= 15 is 0 Å². The van der Waals surface area contributed by atoms with Crippen LogP contribution in [0.25, 0.3) is 11.0 Å². The Morgan fingerprint density at radius 1 is 1.39 bits per heavy atom. The van der Waals surface area contributed by atoms with E-state index in [1.807, 2.05) is 18.2 Å². The summed E-state index contributed by atoms with van der Waals surface area (Å²) >= 11 is 6.08. The molecule has 1 saturated carbocycles. The van der Waals surface area contributed by atoms with Crippen molar-refractivity contribution in [3.63, 3.8) is 0 Å². The molecule has 1 aliphatic carbocycles. The Hall–Kier alpha value is -0.990. The topological polar surface area (TPSA) is 33.4 Å². The predicted molar refractivity (Wildman–Crippen MR) is 72.7 cm³/mol. The van der Waals surface area contributed by atoms with E-state index in [4.69, 9.17) is 16.0 Å². The van der Waals surface area contributed by atoms with E-state index in [1.54, 1.807) is 6.07 Å². The first-order chi connectivity index (χ1) is 8.65. The number of benzene rings is 1. The number of hydrogen-bond donors (Lipinski definition) is 1. The van der Waals surface area contributed by atoms with Crippen LogP contribution in [-0.4, -0.2) is 5.11 Å². The van der Waals surface area contributed by atoms with Crippen LogP contribution in [-0.2, 0) is 0 Å². The first kappa shape index (κ1) is 12.1. The summed E-state index contributed by atoms with van der Waals surface area (Å²) in [5.41, 5.74) is 0.680. The smallest absolute Gasteiger partial charge is 0.152 e. The van der Waals surface area contributed by atoms with Crippen molar-refractivity contribution in [2.45, 2.75) is 32.3 Å². The van der Waals surface area contributed by atoms with Gasteiger partial charge in [0.15, 0.2) is 5.58 Å². The molecule has 1 aliphatic rings. The van der Waals surface area contributed by atoms with E-state index in [0.717, 1.165) is 18.2 Å². The van der Waals surface area contributed by atoms with Crippen molar-refractivity contribution >= 4 is 22.6 Å². The summed E-state index contributed by atoms with van der Waals surface area (Å²) in [6, 6.07) is 7.57. The van der Waals surface area contributed by atoms with Crippen molar-refractivity contribution in [3.8, 4) is 0 Å². The van der Waals surface area contributed by atoms with Gasteiger partial charge in [0.1, 0.15) is 11.9 Å². The van der Waals surface area contributed by atoms with Crippen LogP contribution in [0.5, 0.6) is 0 Å². The van der Waals surface area contributed by atoms with Crippen LogP contribution in [0.1, 0.15) is 38.1 Å². The molecule has 3 unspecified atom stereocenters. The maximum atomic E-state index is 10.4. The molecule has 0 amide bonds. The number of rotatable bonds is 2. The van der Waals surface area contributed by atoms with Gasteiger partial charge in [-0.3, -0.25) is 0 Å². The van der Waals surface area contributed by atoms with E-state index in [9.17, 15) is 5.11 Å². The number of furan rings is 1. The molecular formula is C15H17ClO2. The fourth-order valence-corrected chi connectivity index (χ4v) is 3.18. The molecule has 1 N–H and O–H groups in total. The van der Waals surface area contributed by atoms with Gasteiger partial charge in [-0.05, 0) is 36.8 Å². The number of aliphatic hydroxyl groups is 1. The van der Waals surface area contributed by atoms with Gasteiger partial charge < -0.3 is 9.52 Å². The molecule has 1 fully saturated rings. The molecule has 1 aromatic heterocycles. The number of halogens is 1. The third-order valence-corrected chi connectivity index (χ3v) is 4.29. The largest absolute Gasteiger partial charge is 0.457 e. The maximum absolute atomic E-state index is 10.4. The van der Waals surface area contributed by atoms with Gasteiger partial charge in [0.2, 0.25) is 0 Å². The van der Waals surface area contributed by atoms with Crippen LogP contribution in [0, 0.1) is 11.8 Å². The third-order valence-electron chi connectivity index (χ3n) is 3.99. The number of para-hydroxylation sites is 1. The van der Waals surface area contributed by atoms with Gasteiger partial charge in [-0.15, -0.1) is 0 Å². The molecule has 18 heavy (non-hydrogen) atoms. The third kappa shape index (κ3) is 2.04. The van der Waals surface area contributed by atoms with Gasteiger partial charge in [-0.25, -0.2) is 0 Å². The Kier molecular flexibility index (Phi) is 3.08. The second kappa shape index (κ2) is 4.60. The lowest BCUT2D eigenvalue weighted by atomic mass is 9.97. The van der Waals surface area contributed by atoms with Gasteiger partial charge in [-0.2, -0.15) is 0 Å². The maximum Gasteiger partial charge on any atom is 0.152 e. The van der Waals surface area contributed by atoms with Gasteiger partial charge in [0.25, 0.3) is 0 Å². The molecule has 2 nitrogen and oxygen atoms in total. The monoisotopic (exact) mass is 264 g/mol. The van der Waals surface area contributed by atoms with E-state index < -0.39 is 6.10 Å². The molecule has 0 aliphatic heterocycles. The van der Waals surface area contributed by atoms with Gasteiger partial charge in [0.05, 0.1) is 5.02 Å². The summed E-state index contributed by atoms with van der Waals surface area (Å²) in [4.78, 5) is 0. The van der Waals surface area contributed by atoms with Gasteiger partial charge in [0, 0.05) is 5.39 Å². The highest BCUT2D eigenvalue weighted by Crippen LogP contribution is 2.40. The summed E-state index contributed by atoms with van der Waals surface area (Å²) in [6.07, 6.45) is 2.85. The van der Waals surface area contributed by atoms with Crippen LogP contribution >= 0.6 is 11.6 Å². The van der Waals surface area contributed by atoms with Crippen LogP contribution < -0.4 is 0 Å². The van der Waals surface area contributed by atoms with Crippen LogP contribution in [0.4, 0.5) is 0 Å². The Morgan fingerprint density at radius 2 is 2.22 bits per heavy atom. The summed E-state index contributed by atoms with van der Waals surface area (Å²) in [7, 11) is 0. The molecule has 1 aromatic carbocycles. The van der Waals surface area contributed by atoms with E-state index in [0.29, 0.717) is 28.2 Å². The Morgan fingerprint density at radius 3 is 2.89 bits per heavy atom. The minimum absolute atomic E-state index is 0.319. The summed E-state index contributed by atoms with van der Waals surface area (Å²) in [5.74, 6) is 1.68. The molecule has 96 valence electrons. The molecule has 0 spiro atoms. The molecular weight excluding hydrogens is 248 g/mol. The Balaban J connectivity index is 1.92. The molecule has 3 rings (SSSR count).